The average Bonchev–Trinajstić information content (AvgIpc) is 2.66. The molecule has 0 saturated carbocycles. The number of urea groups is 1. The van der Waals surface area contributed by atoms with E-state index >= 15 is 0 Å². The van der Waals surface area contributed by atoms with Crippen molar-refractivity contribution in [1.82, 2.24) is 10.2 Å². The minimum Gasteiger partial charge on any atom is -0.494 e. The lowest BCUT2D eigenvalue weighted by Crippen LogP contribution is -2.30. The number of nitrogens with one attached hydrogen (secondary N) is 2. The Bertz CT molecular complexity index is 548. The highest BCUT2D eigenvalue weighted by atomic mass is 16.5. The van der Waals surface area contributed by atoms with E-state index in [-0.39, 0.29) is 18.4 Å². The third-order valence-corrected chi connectivity index (χ3v) is 2.83. The fourth-order valence-electron chi connectivity index (χ4n) is 2.08. The zero-order valence-electron chi connectivity index (χ0n) is 10.6. The number of hydrogen-bond acceptors (Lipinski definition) is 3. The molecule has 5 nitrogen and oxygen atoms in total. The molecule has 1 saturated heterocycles. The lowest BCUT2D eigenvalue weighted by molar-refractivity contribution is 0.212. The van der Waals surface area contributed by atoms with Crippen LogP contribution < -0.4 is 10.1 Å². The smallest absolute Gasteiger partial charge is 0.324 e. The summed E-state index contributed by atoms with van der Waals surface area (Å²) in [5.41, 5.74) is 0.810. The molecule has 2 rings (SSSR count). The van der Waals surface area contributed by atoms with Crippen LogP contribution >= 0.6 is 0 Å². The lowest BCUT2D eigenvalue weighted by Gasteiger charge is -2.21. The van der Waals surface area contributed by atoms with Crippen molar-refractivity contribution in [2.45, 2.75) is 13.0 Å². The molecule has 0 aromatic heterocycles. The number of rotatable bonds is 4. The van der Waals surface area contributed by atoms with Crippen molar-refractivity contribution in [3.8, 4) is 18.1 Å². The van der Waals surface area contributed by atoms with E-state index < -0.39 is 6.04 Å². The van der Waals surface area contributed by atoms with Gasteiger partial charge in [-0.3, -0.25) is 15.6 Å². The van der Waals surface area contributed by atoms with Gasteiger partial charge in [0.05, 0.1) is 13.2 Å². The Morgan fingerprint density at radius 1 is 1.58 bits per heavy atom. The van der Waals surface area contributed by atoms with Gasteiger partial charge in [0.2, 0.25) is 0 Å². The van der Waals surface area contributed by atoms with E-state index in [1.807, 2.05) is 31.2 Å². The molecule has 5 heteroatoms. The number of carbonyl (C=O) groups excluding carboxylic acids is 1. The van der Waals surface area contributed by atoms with E-state index in [9.17, 15) is 4.79 Å². The highest BCUT2D eigenvalue weighted by Crippen LogP contribution is 2.28. The first kappa shape index (κ1) is 13.0. The van der Waals surface area contributed by atoms with Gasteiger partial charge in [0.1, 0.15) is 17.6 Å². The number of nitrogens with zero attached hydrogens (tertiary/aromatic N) is 1. The molecular formula is C14H15N3O2. The van der Waals surface area contributed by atoms with Crippen molar-refractivity contribution in [2.24, 2.45) is 0 Å². The highest BCUT2D eigenvalue weighted by molar-refractivity contribution is 6.06. The lowest BCUT2D eigenvalue weighted by atomic mass is 10.1. The summed E-state index contributed by atoms with van der Waals surface area (Å²) >= 11 is 0. The fraction of sp³-hybridized carbons (Fsp3) is 0.286. The number of benzene rings is 1. The first-order chi connectivity index (χ1) is 9.17. The largest absolute Gasteiger partial charge is 0.494 e. The second kappa shape index (κ2) is 5.44. The zero-order chi connectivity index (χ0) is 13.8. The molecule has 1 aromatic carbocycles. The molecule has 1 aliphatic heterocycles. The average molecular weight is 257 g/mol. The van der Waals surface area contributed by atoms with Gasteiger partial charge < -0.3 is 4.74 Å². The molecule has 0 radical (unpaired) electrons. The second-order valence-electron chi connectivity index (χ2n) is 4.08. The van der Waals surface area contributed by atoms with E-state index in [2.05, 4.69) is 11.2 Å². The number of amidine groups is 1. The molecule has 1 atom stereocenters. The second-order valence-corrected chi connectivity index (χ2v) is 4.08. The van der Waals surface area contributed by atoms with Crippen molar-refractivity contribution >= 4 is 11.9 Å². The van der Waals surface area contributed by atoms with Crippen molar-refractivity contribution in [2.75, 3.05) is 13.2 Å². The normalized spacial score (nSPS) is 18.1. The topological polar surface area (TPSA) is 65.4 Å². The van der Waals surface area contributed by atoms with Gasteiger partial charge in [-0.1, -0.05) is 18.1 Å². The molecule has 98 valence electrons. The molecule has 1 unspecified atom stereocenters. The summed E-state index contributed by atoms with van der Waals surface area (Å²) in [6, 6.07) is 6.55. The number of ether oxygens (including phenoxy) is 1. The Morgan fingerprint density at radius 3 is 3.05 bits per heavy atom. The van der Waals surface area contributed by atoms with Crippen molar-refractivity contribution in [3.63, 3.8) is 0 Å². The van der Waals surface area contributed by atoms with Crippen LogP contribution in [0.2, 0.25) is 0 Å². The van der Waals surface area contributed by atoms with Gasteiger partial charge in [-0.25, -0.2) is 4.79 Å². The van der Waals surface area contributed by atoms with Crippen LogP contribution in [0.15, 0.2) is 24.3 Å². The molecule has 2 N–H and O–H groups in total. The minimum absolute atomic E-state index is 0.133. The number of terminal acetylenes is 1. The number of carbonyl (C=O) groups is 1. The zero-order valence-corrected chi connectivity index (χ0v) is 10.6. The van der Waals surface area contributed by atoms with Crippen LogP contribution in [0.25, 0.3) is 0 Å². The SMILES string of the molecule is C#CCN1C(=O)NC(=N)C1c1cccc(OCC)c1. The molecule has 1 aliphatic rings. The number of amides is 2. The predicted molar refractivity (Wildman–Crippen MR) is 72.1 cm³/mol. The molecule has 0 spiro atoms. The van der Waals surface area contributed by atoms with E-state index in [0.717, 1.165) is 5.56 Å². The van der Waals surface area contributed by atoms with Crippen LogP contribution in [0.1, 0.15) is 18.5 Å². The van der Waals surface area contributed by atoms with Crippen LogP contribution in [0.5, 0.6) is 5.75 Å². The molecular weight excluding hydrogens is 242 g/mol. The van der Waals surface area contributed by atoms with Gasteiger partial charge in [-0.05, 0) is 24.6 Å². The van der Waals surface area contributed by atoms with Gasteiger partial charge in [-0.2, -0.15) is 0 Å². The summed E-state index contributed by atoms with van der Waals surface area (Å²) in [7, 11) is 0. The summed E-state index contributed by atoms with van der Waals surface area (Å²) < 4.78 is 5.43. The van der Waals surface area contributed by atoms with Gasteiger partial charge in [-0.15, -0.1) is 6.42 Å². The Labute approximate surface area is 112 Å². The fourth-order valence-corrected chi connectivity index (χ4v) is 2.08. The van der Waals surface area contributed by atoms with Gasteiger partial charge in [0.15, 0.2) is 0 Å². The van der Waals surface area contributed by atoms with Crippen molar-refractivity contribution in [1.29, 1.82) is 5.41 Å². The van der Waals surface area contributed by atoms with E-state index in [0.29, 0.717) is 12.4 Å². The third kappa shape index (κ3) is 2.52. The maximum atomic E-state index is 11.7. The van der Waals surface area contributed by atoms with E-state index in [4.69, 9.17) is 16.6 Å². The number of hydrogen-bond donors (Lipinski definition) is 2. The minimum atomic E-state index is -0.469. The summed E-state index contributed by atoms with van der Waals surface area (Å²) in [4.78, 5) is 13.2. The van der Waals surface area contributed by atoms with Crippen molar-refractivity contribution < 1.29 is 9.53 Å². The summed E-state index contributed by atoms with van der Waals surface area (Å²) in [6.45, 7) is 2.63. The van der Waals surface area contributed by atoms with E-state index in [1.165, 1.54) is 4.90 Å². The standard InChI is InChI=1S/C14H15N3O2/c1-3-8-17-12(13(15)16-14(17)18)10-6-5-7-11(9-10)19-4-2/h1,5-7,9,12H,4,8H2,2H3,(H2,15,16,18). The Balaban J connectivity index is 2.33. The van der Waals surface area contributed by atoms with Crippen LogP contribution in [0.3, 0.4) is 0 Å². The van der Waals surface area contributed by atoms with Crippen LogP contribution in [-0.2, 0) is 0 Å². The molecule has 1 aromatic rings. The molecule has 0 bridgehead atoms. The first-order valence-corrected chi connectivity index (χ1v) is 5.99. The first-order valence-electron chi connectivity index (χ1n) is 5.99. The highest BCUT2D eigenvalue weighted by Gasteiger charge is 2.36. The van der Waals surface area contributed by atoms with Crippen molar-refractivity contribution in [3.05, 3.63) is 29.8 Å². The van der Waals surface area contributed by atoms with Gasteiger partial charge >= 0.3 is 6.03 Å². The molecule has 1 fully saturated rings. The van der Waals surface area contributed by atoms with E-state index in [1.54, 1.807) is 0 Å². The Hall–Kier alpha value is -2.48. The van der Waals surface area contributed by atoms with Crippen LogP contribution in [0.4, 0.5) is 4.79 Å². The monoisotopic (exact) mass is 257 g/mol. The summed E-state index contributed by atoms with van der Waals surface area (Å²) in [5, 5.41) is 10.4. The van der Waals surface area contributed by atoms with Gasteiger partial charge in [0, 0.05) is 0 Å². The maximum Gasteiger partial charge on any atom is 0.324 e. The third-order valence-electron chi connectivity index (χ3n) is 2.83. The maximum absolute atomic E-state index is 11.7. The molecule has 19 heavy (non-hydrogen) atoms. The molecule has 0 aliphatic carbocycles. The van der Waals surface area contributed by atoms with Gasteiger partial charge in [0.25, 0.3) is 0 Å². The summed E-state index contributed by atoms with van der Waals surface area (Å²) in [6.07, 6.45) is 5.27. The summed E-state index contributed by atoms with van der Waals surface area (Å²) in [5.74, 6) is 3.29. The molecule has 1 heterocycles. The Kier molecular flexibility index (Phi) is 3.71. The predicted octanol–water partition coefficient (Wildman–Crippen LogP) is 1.76. The molecule has 2 amide bonds. The Morgan fingerprint density at radius 2 is 2.37 bits per heavy atom. The van der Waals surface area contributed by atoms with Crippen LogP contribution in [0, 0.1) is 17.8 Å². The van der Waals surface area contributed by atoms with Crippen LogP contribution in [-0.4, -0.2) is 29.9 Å². The quantitative estimate of drug-likeness (QED) is 0.807.